The number of pyridine rings is 1. The summed E-state index contributed by atoms with van der Waals surface area (Å²) in [7, 11) is 1.80. The number of halogens is 1. The van der Waals surface area contributed by atoms with Crippen LogP contribution in [0.5, 0.6) is 5.75 Å². The Morgan fingerprint density at radius 1 is 1.41 bits per heavy atom. The van der Waals surface area contributed by atoms with Crippen LogP contribution in [-0.2, 0) is 0 Å². The van der Waals surface area contributed by atoms with Gasteiger partial charge in [0, 0.05) is 19.8 Å². The van der Waals surface area contributed by atoms with Crippen LogP contribution in [0.25, 0.3) is 0 Å². The van der Waals surface area contributed by atoms with Crippen molar-refractivity contribution >= 4 is 29.9 Å². The van der Waals surface area contributed by atoms with E-state index in [0.717, 1.165) is 18.3 Å². The highest BCUT2D eigenvalue weighted by atomic mass is 127. The van der Waals surface area contributed by atoms with E-state index in [9.17, 15) is 0 Å². The molecule has 22 heavy (non-hydrogen) atoms. The summed E-state index contributed by atoms with van der Waals surface area (Å²) in [5.41, 5.74) is 0.490. The summed E-state index contributed by atoms with van der Waals surface area (Å²) in [4.78, 5) is 8.27. The van der Waals surface area contributed by atoms with Gasteiger partial charge in [-0.25, -0.2) is 0 Å². The van der Waals surface area contributed by atoms with E-state index in [2.05, 4.69) is 27.5 Å². The van der Waals surface area contributed by atoms with Crippen molar-refractivity contribution in [3.8, 4) is 5.75 Å². The van der Waals surface area contributed by atoms with Gasteiger partial charge in [0.1, 0.15) is 12.4 Å². The number of aromatic nitrogens is 1. The van der Waals surface area contributed by atoms with Crippen molar-refractivity contribution in [3.63, 3.8) is 0 Å². The van der Waals surface area contributed by atoms with Crippen LogP contribution < -0.4 is 15.4 Å². The summed E-state index contributed by atoms with van der Waals surface area (Å²) < 4.78 is 5.59. The number of rotatable bonds is 7. The fourth-order valence-electron chi connectivity index (χ4n) is 2.59. The molecule has 2 rings (SSSR count). The van der Waals surface area contributed by atoms with E-state index >= 15 is 0 Å². The highest BCUT2D eigenvalue weighted by Gasteiger charge is 2.34. The molecule has 1 aromatic rings. The monoisotopic (exact) mass is 418 g/mol. The Hall–Kier alpha value is -1.05. The van der Waals surface area contributed by atoms with Gasteiger partial charge < -0.3 is 15.4 Å². The van der Waals surface area contributed by atoms with E-state index in [-0.39, 0.29) is 24.0 Å². The zero-order valence-corrected chi connectivity index (χ0v) is 15.8. The van der Waals surface area contributed by atoms with Crippen molar-refractivity contribution in [3.05, 3.63) is 24.5 Å². The SMILES string of the molecule is CCC1(CNC(=NC)NCCOc2cccnc2)CCC1.I. The molecular weight excluding hydrogens is 391 g/mol. The Balaban J connectivity index is 0.00000242. The Morgan fingerprint density at radius 3 is 2.77 bits per heavy atom. The van der Waals surface area contributed by atoms with Gasteiger partial charge in [0.15, 0.2) is 5.96 Å². The van der Waals surface area contributed by atoms with Gasteiger partial charge in [-0.1, -0.05) is 13.3 Å². The molecule has 0 radical (unpaired) electrons. The highest BCUT2D eigenvalue weighted by Crippen LogP contribution is 2.42. The first-order chi connectivity index (χ1) is 10.3. The highest BCUT2D eigenvalue weighted by molar-refractivity contribution is 14.0. The average molecular weight is 418 g/mol. The van der Waals surface area contributed by atoms with Gasteiger partial charge in [-0.3, -0.25) is 9.98 Å². The van der Waals surface area contributed by atoms with Crippen molar-refractivity contribution in [2.75, 3.05) is 26.7 Å². The molecule has 1 heterocycles. The summed E-state index contributed by atoms with van der Waals surface area (Å²) in [6, 6.07) is 3.77. The smallest absolute Gasteiger partial charge is 0.191 e. The molecule has 2 N–H and O–H groups in total. The summed E-state index contributed by atoms with van der Waals surface area (Å²) in [5, 5.41) is 6.71. The van der Waals surface area contributed by atoms with Crippen LogP contribution in [0, 0.1) is 5.41 Å². The van der Waals surface area contributed by atoms with Crippen molar-refractivity contribution in [1.29, 1.82) is 0 Å². The second-order valence-corrected chi connectivity index (χ2v) is 5.60. The summed E-state index contributed by atoms with van der Waals surface area (Å²) in [5.74, 6) is 1.64. The second-order valence-electron chi connectivity index (χ2n) is 5.60. The lowest BCUT2D eigenvalue weighted by Gasteiger charge is -2.41. The molecule has 0 unspecified atom stereocenters. The van der Waals surface area contributed by atoms with Crippen LogP contribution in [0.4, 0.5) is 0 Å². The maximum atomic E-state index is 5.59. The predicted octanol–water partition coefficient (Wildman–Crippen LogP) is 2.82. The Bertz CT molecular complexity index is 443. The zero-order chi connectivity index (χ0) is 15.0. The van der Waals surface area contributed by atoms with Gasteiger partial charge in [0.05, 0.1) is 12.7 Å². The normalized spacial score (nSPS) is 16.2. The predicted molar refractivity (Wildman–Crippen MR) is 101 cm³/mol. The largest absolute Gasteiger partial charge is 0.490 e. The topological polar surface area (TPSA) is 58.5 Å². The van der Waals surface area contributed by atoms with Gasteiger partial charge in [-0.2, -0.15) is 0 Å². The van der Waals surface area contributed by atoms with Crippen LogP contribution in [-0.4, -0.2) is 37.7 Å². The van der Waals surface area contributed by atoms with Crippen molar-refractivity contribution < 1.29 is 4.74 Å². The maximum absolute atomic E-state index is 5.59. The second kappa shape index (κ2) is 9.86. The van der Waals surface area contributed by atoms with Crippen LogP contribution in [0.1, 0.15) is 32.6 Å². The van der Waals surface area contributed by atoms with Crippen LogP contribution in [0.2, 0.25) is 0 Å². The van der Waals surface area contributed by atoms with E-state index in [1.807, 2.05) is 12.1 Å². The molecule has 0 amide bonds. The summed E-state index contributed by atoms with van der Waals surface area (Å²) in [6.07, 6.45) is 8.71. The lowest BCUT2D eigenvalue weighted by molar-refractivity contribution is 0.131. The van der Waals surface area contributed by atoms with Gasteiger partial charge in [0.25, 0.3) is 0 Å². The molecule has 0 aromatic carbocycles. The lowest BCUT2D eigenvalue weighted by atomic mass is 9.67. The molecule has 1 aliphatic rings. The Morgan fingerprint density at radius 2 is 2.23 bits per heavy atom. The van der Waals surface area contributed by atoms with Crippen molar-refractivity contribution in [2.24, 2.45) is 10.4 Å². The number of ether oxygens (including phenoxy) is 1. The number of nitrogens with one attached hydrogen (secondary N) is 2. The van der Waals surface area contributed by atoms with Gasteiger partial charge >= 0.3 is 0 Å². The first-order valence-corrected chi connectivity index (χ1v) is 7.75. The molecule has 0 bridgehead atoms. The minimum atomic E-state index is 0. The average Bonchev–Trinajstić information content (AvgIpc) is 2.49. The molecule has 124 valence electrons. The lowest BCUT2D eigenvalue weighted by Crippen LogP contribution is -2.46. The molecule has 0 spiro atoms. The summed E-state index contributed by atoms with van der Waals surface area (Å²) in [6.45, 7) is 4.59. The Kier molecular flexibility index (Phi) is 8.52. The third-order valence-electron chi connectivity index (χ3n) is 4.32. The molecule has 0 saturated heterocycles. The fraction of sp³-hybridized carbons (Fsp3) is 0.625. The van der Waals surface area contributed by atoms with E-state index < -0.39 is 0 Å². The molecule has 0 atom stereocenters. The van der Waals surface area contributed by atoms with E-state index in [4.69, 9.17) is 4.74 Å². The minimum absolute atomic E-state index is 0. The molecular formula is C16H27IN4O. The molecule has 1 saturated carbocycles. The van der Waals surface area contributed by atoms with Gasteiger partial charge in [0.2, 0.25) is 0 Å². The molecule has 6 heteroatoms. The number of aliphatic imine (C=N–C) groups is 1. The molecule has 1 aliphatic carbocycles. The van der Waals surface area contributed by atoms with Crippen molar-refractivity contribution in [1.82, 2.24) is 15.6 Å². The molecule has 1 fully saturated rings. The maximum Gasteiger partial charge on any atom is 0.191 e. The first kappa shape index (κ1) is 19.0. The Labute approximate surface area is 150 Å². The van der Waals surface area contributed by atoms with Crippen molar-refractivity contribution in [2.45, 2.75) is 32.6 Å². The van der Waals surface area contributed by atoms with Gasteiger partial charge in [-0.05, 0) is 36.8 Å². The fourth-order valence-corrected chi connectivity index (χ4v) is 2.59. The number of guanidine groups is 1. The number of nitrogens with zero attached hydrogens (tertiary/aromatic N) is 2. The number of hydrogen-bond donors (Lipinski definition) is 2. The first-order valence-electron chi connectivity index (χ1n) is 7.75. The minimum Gasteiger partial charge on any atom is -0.490 e. The summed E-state index contributed by atoms with van der Waals surface area (Å²) >= 11 is 0. The quantitative estimate of drug-likeness (QED) is 0.310. The van der Waals surface area contributed by atoms with Gasteiger partial charge in [-0.15, -0.1) is 24.0 Å². The van der Waals surface area contributed by atoms with Crippen LogP contribution in [0.3, 0.4) is 0 Å². The molecule has 0 aliphatic heterocycles. The standard InChI is InChI=1S/C16H26N4O.HI/c1-3-16(7-5-8-16)13-20-15(17-2)19-10-11-21-14-6-4-9-18-12-14;/h4,6,9,12H,3,5,7-8,10-11,13H2,1-2H3,(H2,17,19,20);1H. The third-order valence-corrected chi connectivity index (χ3v) is 4.32. The number of hydrogen-bond acceptors (Lipinski definition) is 3. The van der Waals surface area contributed by atoms with Crippen LogP contribution >= 0.6 is 24.0 Å². The third kappa shape index (κ3) is 5.62. The molecule has 5 nitrogen and oxygen atoms in total. The van der Waals surface area contributed by atoms with Crippen LogP contribution in [0.15, 0.2) is 29.5 Å². The van der Waals surface area contributed by atoms with E-state index in [1.165, 1.54) is 25.7 Å². The van der Waals surface area contributed by atoms with E-state index in [0.29, 0.717) is 18.6 Å². The zero-order valence-electron chi connectivity index (χ0n) is 13.5. The molecule has 1 aromatic heterocycles. The van der Waals surface area contributed by atoms with E-state index in [1.54, 1.807) is 19.4 Å².